The first-order chi connectivity index (χ1) is 23.6. The average Bonchev–Trinajstić information content (AvgIpc) is 3.61. The Morgan fingerprint density at radius 3 is 1.62 bits per heavy atom. The minimum absolute atomic E-state index is 0.0421. The molecule has 0 saturated carbocycles. The smallest absolute Gasteiger partial charge is 0.135 e. The summed E-state index contributed by atoms with van der Waals surface area (Å²) >= 11 is 0. The van der Waals surface area contributed by atoms with E-state index in [0.29, 0.717) is 0 Å². The van der Waals surface area contributed by atoms with E-state index in [1.807, 2.05) is 12.1 Å². The zero-order chi connectivity index (χ0) is 32.2. The van der Waals surface area contributed by atoms with E-state index in [-0.39, 0.29) is 5.41 Å². The molecule has 0 spiro atoms. The molecule has 0 bridgehead atoms. The highest BCUT2D eigenvalue weighted by Gasteiger charge is 2.35. The zero-order valence-electron chi connectivity index (χ0n) is 27.0. The fraction of sp³-hybridized carbons (Fsp3) is 0.0667. The van der Waals surface area contributed by atoms with Crippen molar-refractivity contribution < 1.29 is 4.42 Å². The minimum Gasteiger partial charge on any atom is -0.456 e. The van der Waals surface area contributed by atoms with Gasteiger partial charge in [0.1, 0.15) is 11.2 Å². The minimum atomic E-state index is -0.0421. The predicted molar refractivity (Wildman–Crippen MR) is 201 cm³/mol. The molecule has 0 aliphatic heterocycles. The van der Waals surface area contributed by atoms with Crippen molar-refractivity contribution in [3.63, 3.8) is 0 Å². The number of benzene rings is 7. The summed E-state index contributed by atoms with van der Waals surface area (Å²) in [6, 6.07) is 60.7. The van der Waals surface area contributed by atoms with Crippen LogP contribution in [0.2, 0.25) is 0 Å². The van der Waals surface area contributed by atoms with E-state index in [4.69, 9.17) is 4.42 Å². The van der Waals surface area contributed by atoms with E-state index in [9.17, 15) is 0 Å². The first-order valence-electron chi connectivity index (χ1n) is 16.5. The van der Waals surface area contributed by atoms with E-state index < -0.39 is 0 Å². The van der Waals surface area contributed by atoms with Crippen LogP contribution in [0.15, 0.2) is 174 Å². The fourth-order valence-corrected chi connectivity index (χ4v) is 7.52. The topological polar surface area (TPSA) is 19.6 Å². The van der Waals surface area contributed by atoms with Crippen LogP contribution in [0, 0.1) is 0 Å². The van der Waals surface area contributed by atoms with Crippen LogP contribution in [0.3, 0.4) is 0 Å². The van der Waals surface area contributed by atoms with E-state index >= 15 is 0 Å². The molecule has 1 aliphatic carbocycles. The highest BCUT2D eigenvalue weighted by molar-refractivity contribution is 6.06. The van der Waals surface area contributed by atoms with Crippen LogP contribution in [0.1, 0.15) is 25.0 Å². The maximum absolute atomic E-state index is 6.19. The SMILES string of the molecule is CC1(C)c2ccccc2-c2cc(N(c3ccccc3)c3cccc(N(c4ccccc4)c4ccc5oc6ccccc6c5c4)c3)ccc21. The van der Waals surface area contributed by atoms with Crippen LogP contribution in [-0.4, -0.2) is 0 Å². The Bertz CT molecular complexity index is 2440. The molecule has 1 aliphatic rings. The van der Waals surface area contributed by atoms with Crippen LogP contribution in [0.5, 0.6) is 0 Å². The Morgan fingerprint density at radius 1 is 0.375 bits per heavy atom. The predicted octanol–water partition coefficient (Wildman–Crippen LogP) is 12.8. The average molecular weight is 619 g/mol. The maximum Gasteiger partial charge on any atom is 0.135 e. The molecule has 3 nitrogen and oxygen atoms in total. The molecule has 1 aromatic heterocycles. The summed E-state index contributed by atoms with van der Waals surface area (Å²) in [6.07, 6.45) is 0. The second-order valence-corrected chi connectivity index (χ2v) is 13.0. The zero-order valence-corrected chi connectivity index (χ0v) is 27.0. The third kappa shape index (κ3) is 4.51. The van der Waals surface area contributed by atoms with Gasteiger partial charge < -0.3 is 14.2 Å². The van der Waals surface area contributed by atoms with Gasteiger partial charge in [0.15, 0.2) is 0 Å². The Morgan fingerprint density at radius 2 is 0.896 bits per heavy atom. The Balaban J connectivity index is 1.21. The lowest BCUT2D eigenvalue weighted by Gasteiger charge is -2.30. The van der Waals surface area contributed by atoms with Gasteiger partial charge in [-0.15, -0.1) is 0 Å². The number of anilines is 6. The highest BCUT2D eigenvalue weighted by atomic mass is 16.3. The summed E-state index contributed by atoms with van der Waals surface area (Å²) in [5, 5.41) is 2.22. The molecule has 3 heteroatoms. The molecule has 0 radical (unpaired) electrons. The van der Waals surface area contributed by atoms with Gasteiger partial charge in [-0.3, -0.25) is 0 Å². The molecular weight excluding hydrogens is 585 g/mol. The largest absolute Gasteiger partial charge is 0.456 e. The first-order valence-corrected chi connectivity index (χ1v) is 16.5. The second-order valence-electron chi connectivity index (χ2n) is 13.0. The molecule has 0 saturated heterocycles. The lowest BCUT2D eigenvalue weighted by molar-refractivity contribution is 0.660. The quantitative estimate of drug-likeness (QED) is 0.185. The molecule has 0 fully saturated rings. The Hall–Kier alpha value is -6.06. The number of hydrogen-bond donors (Lipinski definition) is 0. The summed E-state index contributed by atoms with van der Waals surface area (Å²) in [4.78, 5) is 4.70. The fourth-order valence-electron chi connectivity index (χ4n) is 7.52. The van der Waals surface area contributed by atoms with Gasteiger partial charge in [-0.05, 0) is 101 Å². The van der Waals surface area contributed by atoms with Crippen LogP contribution in [-0.2, 0) is 5.41 Å². The summed E-state index contributed by atoms with van der Waals surface area (Å²) in [5.41, 5.74) is 13.7. The molecule has 0 unspecified atom stereocenters. The van der Waals surface area contributed by atoms with Gasteiger partial charge in [0.2, 0.25) is 0 Å². The van der Waals surface area contributed by atoms with Crippen molar-refractivity contribution in [2.45, 2.75) is 19.3 Å². The highest BCUT2D eigenvalue weighted by Crippen LogP contribution is 2.51. The molecule has 0 amide bonds. The number of hydrogen-bond acceptors (Lipinski definition) is 3. The molecule has 8 aromatic rings. The molecule has 0 N–H and O–H groups in total. The first kappa shape index (κ1) is 28.2. The number of nitrogens with zero attached hydrogens (tertiary/aromatic N) is 2. The molecule has 230 valence electrons. The van der Waals surface area contributed by atoms with Gasteiger partial charge in [0.25, 0.3) is 0 Å². The second kappa shape index (κ2) is 11.0. The van der Waals surface area contributed by atoms with Crippen molar-refractivity contribution in [3.8, 4) is 11.1 Å². The van der Waals surface area contributed by atoms with E-state index in [1.54, 1.807) is 0 Å². The van der Waals surface area contributed by atoms with Crippen LogP contribution < -0.4 is 9.80 Å². The van der Waals surface area contributed by atoms with Gasteiger partial charge in [0.05, 0.1) is 0 Å². The van der Waals surface area contributed by atoms with Crippen LogP contribution in [0.4, 0.5) is 34.1 Å². The third-order valence-electron chi connectivity index (χ3n) is 9.82. The van der Waals surface area contributed by atoms with E-state index in [1.165, 1.54) is 22.3 Å². The molecular formula is C45H34N2O. The summed E-state index contributed by atoms with van der Waals surface area (Å²) < 4.78 is 6.19. The molecule has 1 heterocycles. The number of furan rings is 1. The van der Waals surface area contributed by atoms with Gasteiger partial charge >= 0.3 is 0 Å². The Labute approximate surface area is 280 Å². The van der Waals surface area contributed by atoms with Crippen molar-refractivity contribution in [2.24, 2.45) is 0 Å². The summed E-state index contributed by atoms with van der Waals surface area (Å²) in [5.74, 6) is 0. The number of rotatable bonds is 6. The molecule has 9 rings (SSSR count). The summed E-state index contributed by atoms with van der Waals surface area (Å²) in [7, 11) is 0. The summed E-state index contributed by atoms with van der Waals surface area (Å²) in [6.45, 7) is 4.66. The lowest BCUT2D eigenvalue weighted by Crippen LogP contribution is -2.15. The van der Waals surface area contributed by atoms with Gasteiger partial charge in [-0.1, -0.05) is 105 Å². The van der Waals surface area contributed by atoms with Crippen molar-refractivity contribution in [1.29, 1.82) is 0 Å². The van der Waals surface area contributed by atoms with E-state index in [2.05, 4.69) is 181 Å². The standard InChI is InChI=1S/C45H34N2O/c1-45(2)41-22-11-9-20-37(41)39-29-35(24-26-42(39)45)46(31-14-5-3-6-15-31)33-18-13-19-34(28-33)47(32-16-7-4-8-17-32)36-25-27-44-40(30-36)38-21-10-12-23-43(38)48-44/h3-30H,1-2H3. The van der Waals surface area contributed by atoms with Crippen LogP contribution >= 0.6 is 0 Å². The van der Waals surface area contributed by atoms with Gasteiger partial charge in [-0.25, -0.2) is 0 Å². The maximum atomic E-state index is 6.19. The molecule has 48 heavy (non-hydrogen) atoms. The van der Waals surface area contributed by atoms with E-state index in [0.717, 1.165) is 56.1 Å². The van der Waals surface area contributed by atoms with Crippen molar-refractivity contribution in [1.82, 2.24) is 0 Å². The molecule has 7 aromatic carbocycles. The monoisotopic (exact) mass is 618 g/mol. The number of para-hydroxylation sites is 3. The van der Waals surface area contributed by atoms with Crippen LogP contribution in [0.25, 0.3) is 33.1 Å². The van der Waals surface area contributed by atoms with Crippen molar-refractivity contribution in [3.05, 3.63) is 181 Å². The number of fused-ring (bicyclic) bond motifs is 6. The normalized spacial score (nSPS) is 13.0. The molecule has 0 atom stereocenters. The van der Waals surface area contributed by atoms with Crippen molar-refractivity contribution >= 4 is 56.1 Å². The van der Waals surface area contributed by atoms with Gasteiger partial charge in [0, 0.05) is 50.3 Å². The Kier molecular flexibility index (Phi) is 6.48. The third-order valence-corrected chi connectivity index (χ3v) is 9.82. The lowest BCUT2D eigenvalue weighted by atomic mass is 9.82. The van der Waals surface area contributed by atoms with Crippen molar-refractivity contribution in [2.75, 3.05) is 9.80 Å². The van der Waals surface area contributed by atoms with Gasteiger partial charge in [-0.2, -0.15) is 0 Å².